The molecule has 7 nitrogen and oxygen atoms in total. The molecule has 2 amide bonds. The lowest BCUT2D eigenvalue weighted by molar-refractivity contribution is -0.118. The minimum absolute atomic E-state index is 0.130. The lowest BCUT2D eigenvalue weighted by Gasteiger charge is -2.60. The summed E-state index contributed by atoms with van der Waals surface area (Å²) in [5.74, 6) is 1.68. The molecule has 4 fully saturated rings. The third-order valence-corrected chi connectivity index (χ3v) is 14.5. The first-order chi connectivity index (χ1) is 25.3. The Bertz CT molecular complexity index is 1800. The van der Waals surface area contributed by atoms with E-state index in [1.54, 1.807) is 12.1 Å². The van der Waals surface area contributed by atoms with Crippen LogP contribution in [0, 0.1) is 28.6 Å². The number of carbonyl (C=O) groups excluding carboxylic acids is 2. The van der Waals surface area contributed by atoms with Crippen molar-refractivity contribution in [1.29, 1.82) is 0 Å². The minimum Gasteiger partial charge on any atom is -0.461 e. The number of fused-ring (bicyclic) bond motifs is 10. The molecular weight excluding hydrogens is 661 g/mol. The van der Waals surface area contributed by atoms with Crippen molar-refractivity contribution < 1.29 is 24.2 Å². The van der Waals surface area contributed by atoms with Crippen molar-refractivity contribution in [3.63, 3.8) is 0 Å². The lowest BCUT2D eigenvalue weighted by atomic mass is 9.45. The van der Waals surface area contributed by atoms with Crippen molar-refractivity contribution in [2.75, 3.05) is 13.1 Å². The van der Waals surface area contributed by atoms with Gasteiger partial charge in [0, 0.05) is 17.5 Å². The van der Waals surface area contributed by atoms with Gasteiger partial charge in [-0.1, -0.05) is 74.9 Å². The van der Waals surface area contributed by atoms with E-state index in [9.17, 15) is 19.8 Å². The zero-order valence-corrected chi connectivity index (χ0v) is 32.4. The van der Waals surface area contributed by atoms with Crippen molar-refractivity contribution in [2.45, 2.75) is 122 Å². The van der Waals surface area contributed by atoms with Crippen LogP contribution in [-0.4, -0.2) is 51.7 Å². The number of nitrogens with zero attached hydrogens (tertiary/aromatic N) is 1. The standard InChI is InChI=1S/C46H60N2O5/c1-30-11-9-22-45(5)39(37-20-16-32(25-36(49)19-15-30)26-38(37)42(50)41-14-10-24-53-41)21-23-46(45,52)29-48(28-34-17-18-35-27-40(34)44(35,3)4)43(51)47-31(2)33-12-7-6-8-13-33/h6-8,10-14,16,20,24,26,31,34-36,39-40,49,52H,9,15,17-19,21-23,25,27-29H2,1-5H3,(H,47,51)/t31-,34+,35+,36+,39+,40+,45+,46-/m1/s1. The molecule has 4 bridgehead atoms. The van der Waals surface area contributed by atoms with Crippen LogP contribution >= 0.6 is 0 Å². The molecule has 4 saturated carbocycles. The Kier molecular flexibility index (Phi) is 10.6. The number of allylic oxidation sites excluding steroid dienone is 2. The van der Waals surface area contributed by atoms with Crippen molar-refractivity contribution >= 4 is 11.8 Å². The summed E-state index contributed by atoms with van der Waals surface area (Å²) in [6, 6.07) is 19.2. The van der Waals surface area contributed by atoms with Crippen LogP contribution in [0.15, 0.2) is 83.0 Å². The van der Waals surface area contributed by atoms with Crippen LogP contribution in [0.4, 0.5) is 4.79 Å². The van der Waals surface area contributed by atoms with Crippen molar-refractivity contribution in [1.82, 2.24) is 10.2 Å². The highest BCUT2D eigenvalue weighted by molar-refractivity contribution is 6.08. The Morgan fingerprint density at radius 3 is 2.51 bits per heavy atom. The molecule has 0 radical (unpaired) electrons. The van der Waals surface area contributed by atoms with E-state index >= 15 is 0 Å². The van der Waals surface area contributed by atoms with Gasteiger partial charge in [0.1, 0.15) is 0 Å². The van der Waals surface area contributed by atoms with E-state index in [2.05, 4.69) is 45.2 Å². The number of rotatable bonds is 8. The van der Waals surface area contributed by atoms with Gasteiger partial charge in [0.25, 0.3) is 0 Å². The molecule has 6 aliphatic carbocycles. The summed E-state index contributed by atoms with van der Waals surface area (Å²) in [6.45, 7) is 12.0. The van der Waals surface area contributed by atoms with Crippen molar-refractivity contribution in [3.05, 3.63) is 107 Å². The SMILES string of the molecule is CC1=CCC[C@@]2(C)[C@@H](CC[C@@]2(O)CN(C[C@@H]2CC[C@H]3C[C@@H]2C3(C)C)C(=O)N[C@H](C)c2ccccc2)c2ccc(cc2C(=O)c2ccco2)C[C@@H](O)CC1. The predicted molar refractivity (Wildman–Crippen MR) is 209 cm³/mol. The molecule has 3 N–H and O–H groups in total. The second-order valence-electron chi connectivity index (χ2n) is 17.9. The summed E-state index contributed by atoms with van der Waals surface area (Å²) in [7, 11) is 0. The number of hydrogen-bond donors (Lipinski definition) is 3. The molecule has 1 aromatic heterocycles. The number of urea groups is 1. The predicted octanol–water partition coefficient (Wildman–Crippen LogP) is 9.39. The van der Waals surface area contributed by atoms with E-state index in [1.165, 1.54) is 24.7 Å². The third kappa shape index (κ3) is 7.28. The summed E-state index contributed by atoms with van der Waals surface area (Å²) >= 11 is 0. The second kappa shape index (κ2) is 14.9. The molecule has 6 aliphatic rings. The molecule has 0 saturated heterocycles. The minimum atomic E-state index is -1.20. The topological polar surface area (TPSA) is 103 Å². The van der Waals surface area contributed by atoms with Gasteiger partial charge in [-0.25, -0.2) is 4.79 Å². The fourth-order valence-corrected chi connectivity index (χ4v) is 10.8. The second-order valence-corrected chi connectivity index (χ2v) is 17.9. The zero-order chi connectivity index (χ0) is 37.5. The van der Waals surface area contributed by atoms with Crippen LogP contribution in [0.2, 0.25) is 0 Å². The molecule has 7 heteroatoms. The Morgan fingerprint density at radius 2 is 1.79 bits per heavy atom. The molecule has 284 valence electrons. The lowest BCUT2D eigenvalue weighted by Crippen LogP contribution is -2.59. The van der Waals surface area contributed by atoms with Crippen LogP contribution in [0.3, 0.4) is 0 Å². The number of hydrogen-bond acceptors (Lipinski definition) is 5. The zero-order valence-electron chi connectivity index (χ0n) is 32.4. The summed E-state index contributed by atoms with van der Waals surface area (Å²) in [5.41, 5.74) is 3.10. The molecule has 0 aliphatic heterocycles. The Labute approximate surface area is 316 Å². The fourth-order valence-electron chi connectivity index (χ4n) is 10.8. The van der Waals surface area contributed by atoms with Gasteiger partial charge in [0.2, 0.25) is 5.78 Å². The van der Waals surface area contributed by atoms with Gasteiger partial charge in [-0.3, -0.25) is 4.79 Å². The van der Waals surface area contributed by atoms with Gasteiger partial charge in [-0.15, -0.1) is 0 Å². The highest BCUT2D eigenvalue weighted by atomic mass is 16.3. The number of nitrogens with one attached hydrogen (secondary N) is 1. The number of benzene rings is 2. The van der Waals surface area contributed by atoms with E-state index in [0.29, 0.717) is 56.0 Å². The number of aliphatic hydroxyl groups excluding tert-OH is 1. The largest absolute Gasteiger partial charge is 0.461 e. The van der Waals surface area contributed by atoms with E-state index in [-0.39, 0.29) is 41.5 Å². The van der Waals surface area contributed by atoms with E-state index in [0.717, 1.165) is 41.9 Å². The quantitative estimate of drug-likeness (QED) is 0.159. The average molecular weight is 721 g/mol. The maximum Gasteiger partial charge on any atom is 0.317 e. The van der Waals surface area contributed by atoms with E-state index < -0.39 is 17.1 Å². The first kappa shape index (κ1) is 37.6. The molecule has 3 aromatic rings. The Morgan fingerprint density at radius 1 is 1.00 bits per heavy atom. The highest BCUT2D eigenvalue weighted by Gasteiger charge is 2.59. The van der Waals surface area contributed by atoms with Gasteiger partial charge in [0.15, 0.2) is 5.76 Å². The van der Waals surface area contributed by atoms with Gasteiger partial charge < -0.3 is 24.8 Å². The van der Waals surface area contributed by atoms with Crippen LogP contribution < -0.4 is 5.32 Å². The van der Waals surface area contributed by atoms with E-state index in [1.807, 2.05) is 54.3 Å². The number of ketones is 1. The molecule has 8 atom stereocenters. The van der Waals surface area contributed by atoms with Gasteiger partial charge in [-0.2, -0.15) is 0 Å². The molecule has 1 heterocycles. The third-order valence-electron chi connectivity index (χ3n) is 14.5. The molecule has 0 unspecified atom stereocenters. The Hall–Kier alpha value is -3.68. The van der Waals surface area contributed by atoms with Gasteiger partial charge >= 0.3 is 6.03 Å². The van der Waals surface area contributed by atoms with Gasteiger partial charge in [0.05, 0.1) is 30.6 Å². The van der Waals surface area contributed by atoms with Crippen LogP contribution in [0.1, 0.15) is 137 Å². The van der Waals surface area contributed by atoms with E-state index in [4.69, 9.17) is 4.42 Å². The normalized spacial score (nSPS) is 31.4. The number of carbonyl (C=O) groups is 2. The van der Waals surface area contributed by atoms with Crippen LogP contribution in [0.5, 0.6) is 0 Å². The summed E-state index contributed by atoms with van der Waals surface area (Å²) in [5, 5.41) is 27.5. The maximum absolute atomic E-state index is 14.5. The molecular formula is C46H60N2O5. The smallest absolute Gasteiger partial charge is 0.317 e. The first-order valence-corrected chi connectivity index (χ1v) is 20.2. The average Bonchev–Trinajstić information content (AvgIpc) is 3.77. The van der Waals surface area contributed by atoms with Crippen LogP contribution in [0.25, 0.3) is 0 Å². The highest BCUT2D eigenvalue weighted by Crippen LogP contribution is 2.62. The van der Waals surface area contributed by atoms with Gasteiger partial charge in [-0.05, 0) is 142 Å². The molecule has 0 spiro atoms. The van der Waals surface area contributed by atoms with Crippen LogP contribution in [-0.2, 0) is 6.42 Å². The monoisotopic (exact) mass is 720 g/mol. The fraction of sp³-hybridized carbons (Fsp3) is 0.565. The van der Waals surface area contributed by atoms with Crippen molar-refractivity contribution in [3.8, 4) is 0 Å². The summed E-state index contributed by atoms with van der Waals surface area (Å²) in [4.78, 5) is 30.6. The maximum atomic E-state index is 14.5. The first-order valence-electron chi connectivity index (χ1n) is 20.2. The van der Waals surface area contributed by atoms with Crippen molar-refractivity contribution in [2.24, 2.45) is 28.6 Å². The summed E-state index contributed by atoms with van der Waals surface area (Å²) in [6.07, 6.45) is 11.4. The molecule has 9 rings (SSSR count). The molecule has 2 aromatic carbocycles. The summed E-state index contributed by atoms with van der Waals surface area (Å²) < 4.78 is 5.62. The molecule has 53 heavy (non-hydrogen) atoms. The Balaban J connectivity index is 1.25. The number of aliphatic hydroxyl groups is 2. The number of furan rings is 1. The number of amides is 2.